The number of hydrogen-bond acceptors (Lipinski definition) is 4. The molecule has 0 atom stereocenters. The summed E-state index contributed by atoms with van der Waals surface area (Å²) in [6, 6.07) is 15.3. The molecule has 3 aromatic rings. The molecule has 0 spiro atoms. The predicted molar refractivity (Wildman–Crippen MR) is 91.3 cm³/mol. The second kappa shape index (κ2) is 6.20. The van der Waals surface area contributed by atoms with E-state index >= 15 is 0 Å². The maximum Gasteiger partial charge on any atom is 0.231 e. The molecular weight excluding hydrogens is 304 g/mol. The van der Waals surface area contributed by atoms with Gasteiger partial charge >= 0.3 is 0 Å². The number of benzene rings is 2. The van der Waals surface area contributed by atoms with Gasteiger partial charge in [0.25, 0.3) is 0 Å². The van der Waals surface area contributed by atoms with Gasteiger partial charge in [-0.25, -0.2) is 0 Å². The number of fused-ring (bicyclic) bond motifs is 2. The molecule has 1 aliphatic heterocycles. The van der Waals surface area contributed by atoms with Crippen LogP contribution in [0.5, 0.6) is 11.5 Å². The van der Waals surface area contributed by atoms with Gasteiger partial charge in [-0.05, 0) is 48.4 Å². The normalized spacial score (nSPS) is 12.3. The second-order valence-electron chi connectivity index (χ2n) is 5.61. The molecule has 0 saturated carbocycles. The van der Waals surface area contributed by atoms with Gasteiger partial charge in [0.2, 0.25) is 12.7 Å². The standard InChI is InChI=1S/C19H16N2O3/c22-19(9-7-13-6-8-17-18(11-13)24-12-23-17)21-16-5-1-4-15-14(16)3-2-10-20-15/h1-6,8,10-11H,7,9,12H2,(H,21,22). The summed E-state index contributed by atoms with van der Waals surface area (Å²) in [5.41, 5.74) is 2.70. The summed E-state index contributed by atoms with van der Waals surface area (Å²) < 4.78 is 10.7. The molecule has 4 rings (SSSR count). The first-order chi connectivity index (χ1) is 11.8. The van der Waals surface area contributed by atoms with Gasteiger partial charge in [-0.3, -0.25) is 9.78 Å². The van der Waals surface area contributed by atoms with E-state index in [4.69, 9.17) is 9.47 Å². The minimum Gasteiger partial charge on any atom is -0.454 e. The van der Waals surface area contributed by atoms with Gasteiger partial charge in [0.05, 0.1) is 11.2 Å². The Morgan fingerprint density at radius 1 is 1.08 bits per heavy atom. The van der Waals surface area contributed by atoms with Crippen molar-refractivity contribution < 1.29 is 14.3 Å². The average Bonchev–Trinajstić information content (AvgIpc) is 3.08. The number of carbonyl (C=O) groups is 1. The third kappa shape index (κ3) is 2.88. The number of aromatic nitrogens is 1. The number of rotatable bonds is 4. The molecule has 1 aromatic heterocycles. The number of pyridine rings is 1. The zero-order valence-electron chi connectivity index (χ0n) is 13.0. The van der Waals surface area contributed by atoms with Crippen molar-refractivity contribution in [2.24, 2.45) is 0 Å². The van der Waals surface area contributed by atoms with Crippen molar-refractivity contribution in [3.63, 3.8) is 0 Å². The summed E-state index contributed by atoms with van der Waals surface area (Å²) in [6.45, 7) is 0.258. The lowest BCUT2D eigenvalue weighted by atomic mass is 10.1. The van der Waals surface area contributed by atoms with E-state index in [2.05, 4.69) is 10.3 Å². The molecular formula is C19H16N2O3. The highest BCUT2D eigenvalue weighted by atomic mass is 16.7. The van der Waals surface area contributed by atoms with E-state index in [9.17, 15) is 4.79 Å². The van der Waals surface area contributed by atoms with Crippen LogP contribution in [0.3, 0.4) is 0 Å². The van der Waals surface area contributed by atoms with Crippen molar-refractivity contribution >= 4 is 22.5 Å². The highest BCUT2D eigenvalue weighted by Gasteiger charge is 2.14. The number of carbonyl (C=O) groups excluding carboxylic acids is 1. The van der Waals surface area contributed by atoms with E-state index < -0.39 is 0 Å². The highest BCUT2D eigenvalue weighted by Crippen LogP contribution is 2.32. The van der Waals surface area contributed by atoms with E-state index in [0.29, 0.717) is 12.8 Å². The minimum absolute atomic E-state index is 0.0241. The molecule has 2 aromatic carbocycles. The Bertz CT molecular complexity index is 903. The fourth-order valence-electron chi connectivity index (χ4n) is 2.78. The zero-order chi connectivity index (χ0) is 16.4. The lowest BCUT2D eigenvalue weighted by molar-refractivity contribution is -0.116. The number of hydrogen-bond donors (Lipinski definition) is 1. The third-order valence-corrected chi connectivity index (χ3v) is 4.00. The Kier molecular flexibility index (Phi) is 3.75. The van der Waals surface area contributed by atoms with Crippen LogP contribution in [0.4, 0.5) is 5.69 Å². The predicted octanol–water partition coefficient (Wildman–Crippen LogP) is 3.53. The minimum atomic E-state index is -0.0241. The van der Waals surface area contributed by atoms with Crippen LogP contribution in [0.2, 0.25) is 0 Å². The van der Waals surface area contributed by atoms with Gasteiger partial charge in [-0.1, -0.05) is 12.1 Å². The van der Waals surface area contributed by atoms with Crippen LogP contribution in [-0.4, -0.2) is 17.7 Å². The monoisotopic (exact) mass is 320 g/mol. The second-order valence-corrected chi connectivity index (χ2v) is 5.61. The molecule has 1 N–H and O–H groups in total. The molecule has 2 heterocycles. The van der Waals surface area contributed by atoms with Crippen molar-refractivity contribution in [3.05, 3.63) is 60.3 Å². The molecule has 0 saturated heterocycles. The number of amides is 1. The quantitative estimate of drug-likeness (QED) is 0.799. The molecule has 120 valence electrons. The van der Waals surface area contributed by atoms with Crippen LogP contribution in [0.1, 0.15) is 12.0 Å². The average molecular weight is 320 g/mol. The lowest BCUT2D eigenvalue weighted by Gasteiger charge is -2.08. The van der Waals surface area contributed by atoms with Crippen LogP contribution < -0.4 is 14.8 Å². The Labute approximate surface area is 139 Å². The number of ether oxygens (including phenoxy) is 2. The summed E-state index contributed by atoms with van der Waals surface area (Å²) in [5.74, 6) is 1.48. The first kappa shape index (κ1) is 14.5. The van der Waals surface area contributed by atoms with E-state index in [1.165, 1.54) is 0 Å². The van der Waals surface area contributed by atoms with Crippen LogP contribution in [0, 0.1) is 0 Å². The maximum atomic E-state index is 12.3. The largest absolute Gasteiger partial charge is 0.454 e. The summed E-state index contributed by atoms with van der Waals surface area (Å²) in [7, 11) is 0. The van der Waals surface area contributed by atoms with Crippen LogP contribution in [0.25, 0.3) is 10.9 Å². The highest BCUT2D eigenvalue weighted by molar-refractivity contribution is 6.00. The number of aryl methyl sites for hydroxylation is 1. The van der Waals surface area contributed by atoms with E-state index in [1.54, 1.807) is 6.20 Å². The molecule has 24 heavy (non-hydrogen) atoms. The van der Waals surface area contributed by atoms with E-state index in [-0.39, 0.29) is 12.7 Å². The van der Waals surface area contributed by atoms with Gasteiger partial charge < -0.3 is 14.8 Å². The maximum absolute atomic E-state index is 12.3. The number of nitrogens with one attached hydrogen (secondary N) is 1. The Morgan fingerprint density at radius 2 is 2.00 bits per heavy atom. The van der Waals surface area contributed by atoms with Gasteiger partial charge in [-0.15, -0.1) is 0 Å². The molecule has 5 nitrogen and oxygen atoms in total. The van der Waals surface area contributed by atoms with Gasteiger partial charge in [0, 0.05) is 18.0 Å². The molecule has 0 fully saturated rings. The third-order valence-electron chi connectivity index (χ3n) is 4.00. The van der Waals surface area contributed by atoms with Crippen molar-refractivity contribution in [2.45, 2.75) is 12.8 Å². The van der Waals surface area contributed by atoms with Gasteiger partial charge in [0.15, 0.2) is 11.5 Å². The van der Waals surface area contributed by atoms with Crippen molar-refractivity contribution in [1.82, 2.24) is 4.98 Å². The smallest absolute Gasteiger partial charge is 0.231 e. The van der Waals surface area contributed by atoms with Crippen LogP contribution in [-0.2, 0) is 11.2 Å². The Balaban J connectivity index is 1.43. The fourth-order valence-corrected chi connectivity index (χ4v) is 2.78. The van der Waals surface area contributed by atoms with Crippen molar-refractivity contribution in [1.29, 1.82) is 0 Å². The number of nitrogens with zero attached hydrogens (tertiary/aromatic N) is 1. The summed E-state index contributed by atoms with van der Waals surface area (Å²) in [5, 5.41) is 3.91. The lowest BCUT2D eigenvalue weighted by Crippen LogP contribution is -2.12. The molecule has 0 radical (unpaired) electrons. The van der Waals surface area contributed by atoms with Gasteiger partial charge in [-0.2, -0.15) is 0 Å². The Hall–Kier alpha value is -3.08. The van der Waals surface area contributed by atoms with E-state index in [0.717, 1.165) is 33.7 Å². The summed E-state index contributed by atoms with van der Waals surface area (Å²) in [6.07, 6.45) is 2.79. The van der Waals surface area contributed by atoms with Crippen molar-refractivity contribution in [2.75, 3.05) is 12.1 Å². The van der Waals surface area contributed by atoms with Crippen LogP contribution >= 0.6 is 0 Å². The van der Waals surface area contributed by atoms with Gasteiger partial charge in [0.1, 0.15) is 0 Å². The molecule has 1 amide bonds. The summed E-state index contributed by atoms with van der Waals surface area (Å²) in [4.78, 5) is 16.6. The molecule has 0 aliphatic carbocycles. The SMILES string of the molecule is O=C(CCc1ccc2c(c1)OCO2)Nc1cccc2ncccc12. The molecule has 0 bridgehead atoms. The van der Waals surface area contributed by atoms with Crippen LogP contribution in [0.15, 0.2) is 54.7 Å². The topological polar surface area (TPSA) is 60.5 Å². The molecule has 0 unspecified atom stereocenters. The Morgan fingerprint density at radius 3 is 2.96 bits per heavy atom. The first-order valence-corrected chi connectivity index (χ1v) is 7.82. The first-order valence-electron chi connectivity index (χ1n) is 7.82. The van der Waals surface area contributed by atoms with E-state index in [1.807, 2.05) is 48.5 Å². The van der Waals surface area contributed by atoms with Crippen molar-refractivity contribution in [3.8, 4) is 11.5 Å². The summed E-state index contributed by atoms with van der Waals surface area (Å²) >= 11 is 0. The zero-order valence-corrected chi connectivity index (χ0v) is 13.0. The molecule has 5 heteroatoms. The molecule has 1 aliphatic rings. The number of anilines is 1. The fraction of sp³-hybridized carbons (Fsp3) is 0.158.